The van der Waals surface area contributed by atoms with Crippen LogP contribution in [0.15, 0.2) is 24.0 Å². The van der Waals surface area contributed by atoms with Crippen LogP contribution >= 0.6 is 11.3 Å². The Balaban J connectivity index is 1.86. The third-order valence-electron chi connectivity index (χ3n) is 3.48. The second-order valence-corrected chi connectivity index (χ2v) is 5.70. The van der Waals surface area contributed by atoms with Crippen LogP contribution in [-0.4, -0.2) is 33.2 Å². The van der Waals surface area contributed by atoms with Gasteiger partial charge in [0.25, 0.3) is 5.91 Å². The molecule has 2 amide bonds. The van der Waals surface area contributed by atoms with Crippen molar-refractivity contribution in [1.29, 1.82) is 0 Å². The Morgan fingerprint density at radius 2 is 2.24 bits per heavy atom. The molecule has 0 saturated heterocycles. The van der Waals surface area contributed by atoms with Crippen molar-refractivity contribution in [2.75, 3.05) is 11.9 Å². The molecule has 0 fully saturated rings. The molecule has 0 aromatic carbocycles. The highest BCUT2D eigenvalue weighted by Gasteiger charge is 2.23. The number of amides is 2. The van der Waals surface area contributed by atoms with Crippen LogP contribution in [-0.2, 0) is 17.8 Å². The molecule has 3 heterocycles. The second-order valence-electron chi connectivity index (χ2n) is 4.81. The quantitative estimate of drug-likeness (QED) is 0.916. The van der Waals surface area contributed by atoms with Gasteiger partial charge in [-0.05, 0) is 17.5 Å². The monoisotopic (exact) mass is 302 g/mol. The van der Waals surface area contributed by atoms with Gasteiger partial charge in [0.1, 0.15) is 0 Å². The molecule has 0 bridgehead atoms. The fraction of sp³-hybridized carbons (Fsp3) is 0.286. The number of rotatable bonds is 2. The minimum atomic E-state index is -0.203. The summed E-state index contributed by atoms with van der Waals surface area (Å²) in [5, 5.41) is 5.14. The van der Waals surface area contributed by atoms with E-state index in [0.29, 0.717) is 30.2 Å². The summed E-state index contributed by atoms with van der Waals surface area (Å²) in [6, 6.07) is 0. The summed E-state index contributed by atoms with van der Waals surface area (Å²) in [5.41, 5.74) is 2.46. The zero-order valence-corrected chi connectivity index (χ0v) is 12.3. The van der Waals surface area contributed by atoms with Crippen LogP contribution in [0.2, 0.25) is 0 Å². The molecule has 2 aromatic rings. The maximum Gasteiger partial charge on any atom is 0.259 e. The van der Waals surface area contributed by atoms with E-state index < -0.39 is 0 Å². The number of thiazole rings is 1. The van der Waals surface area contributed by atoms with Gasteiger partial charge in [0.15, 0.2) is 5.13 Å². The van der Waals surface area contributed by atoms with Crippen molar-refractivity contribution in [3.8, 4) is 0 Å². The molecule has 0 spiro atoms. The molecular weight excluding hydrogens is 288 g/mol. The van der Waals surface area contributed by atoms with Crippen molar-refractivity contribution >= 4 is 28.3 Å². The van der Waals surface area contributed by atoms with Gasteiger partial charge in [0.2, 0.25) is 5.91 Å². The van der Waals surface area contributed by atoms with E-state index in [1.165, 1.54) is 11.3 Å². The first-order chi connectivity index (χ1) is 10.1. The number of anilines is 1. The Kier molecular flexibility index (Phi) is 3.66. The SMILES string of the molecule is CC(=O)N1CCc2c(cncc2C(=O)Nc2nccs2)C1. The molecule has 0 unspecified atom stereocenters. The average molecular weight is 302 g/mol. The third kappa shape index (κ3) is 2.78. The number of nitrogens with zero attached hydrogens (tertiary/aromatic N) is 3. The van der Waals surface area contributed by atoms with E-state index in [-0.39, 0.29) is 11.8 Å². The number of hydrogen-bond acceptors (Lipinski definition) is 5. The van der Waals surface area contributed by atoms with Crippen molar-refractivity contribution in [2.45, 2.75) is 19.9 Å². The van der Waals surface area contributed by atoms with E-state index in [9.17, 15) is 9.59 Å². The number of carbonyl (C=O) groups excluding carboxylic acids is 2. The average Bonchev–Trinajstić information content (AvgIpc) is 2.98. The molecule has 21 heavy (non-hydrogen) atoms. The summed E-state index contributed by atoms with van der Waals surface area (Å²) in [6.45, 7) is 2.69. The number of aromatic nitrogens is 2. The lowest BCUT2D eigenvalue weighted by Crippen LogP contribution is -2.35. The van der Waals surface area contributed by atoms with E-state index in [1.54, 1.807) is 35.8 Å². The van der Waals surface area contributed by atoms with Gasteiger partial charge in [-0.3, -0.25) is 19.9 Å². The van der Waals surface area contributed by atoms with Crippen LogP contribution in [0.5, 0.6) is 0 Å². The van der Waals surface area contributed by atoms with Gasteiger partial charge in [0.05, 0.1) is 5.56 Å². The molecule has 3 rings (SSSR count). The van der Waals surface area contributed by atoms with Crippen molar-refractivity contribution in [3.63, 3.8) is 0 Å². The maximum absolute atomic E-state index is 12.3. The van der Waals surface area contributed by atoms with Gasteiger partial charge >= 0.3 is 0 Å². The molecule has 0 radical (unpaired) electrons. The third-order valence-corrected chi connectivity index (χ3v) is 4.17. The fourth-order valence-electron chi connectivity index (χ4n) is 2.41. The highest BCUT2D eigenvalue weighted by Crippen LogP contribution is 2.23. The number of pyridine rings is 1. The van der Waals surface area contributed by atoms with E-state index in [4.69, 9.17) is 0 Å². The van der Waals surface area contributed by atoms with Crippen molar-refractivity contribution < 1.29 is 9.59 Å². The second kappa shape index (κ2) is 5.61. The topological polar surface area (TPSA) is 75.2 Å². The first-order valence-corrected chi connectivity index (χ1v) is 7.45. The van der Waals surface area contributed by atoms with Gasteiger partial charge in [-0.1, -0.05) is 0 Å². The maximum atomic E-state index is 12.3. The number of fused-ring (bicyclic) bond motifs is 1. The molecule has 0 atom stereocenters. The molecule has 108 valence electrons. The molecule has 6 nitrogen and oxygen atoms in total. The summed E-state index contributed by atoms with van der Waals surface area (Å²) in [7, 11) is 0. The zero-order valence-electron chi connectivity index (χ0n) is 11.5. The van der Waals surface area contributed by atoms with E-state index in [0.717, 1.165) is 11.1 Å². The molecule has 1 aliphatic heterocycles. The predicted octanol–water partition coefficient (Wildman–Crippen LogP) is 1.70. The first kappa shape index (κ1) is 13.7. The Labute approximate surface area is 125 Å². The van der Waals surface area contributed by atoms with Gasteiger partial charge < -0.3 is 4.90 Å². The van der Waals surface area contributed by atoms with Crippen LogP contribution in [0.4, 0.5) is 5.13 Å². The van der Waals surface area contributed by atoms with Crippen molar-refractivity contribution in [3.05, 3.63) is 40.7 Å². The Morgan fingerprint density at radius 3 is 2.95 bits per heavy atom. The Hall–Kier alpha value is -2.28. The summed E-state index contributed by atoms with van der Waals surface area (Å²) in [4.78, 5) is 33.7. The lowest BCUT2D eigenvalue weighted by atomic mass is 9.96. The summed E-state index contributed by atoms with van der Waals surface area (Å²) < 4.78 is 0. The molecule has 1 N–H and O–H groups in total. The van der Waals surface area contributed by atoms with E-state index >= 15 is 0 Å². The van der Waals surface area contributed by atoms with Crippen LogP contribution in [0.1, 0.15) is 28.4 Å². The Bertz CT molecular complexity index is 684. The number of nitrogens with one attached hydrogen (secondary N) is 1. The molecule has 0 saturated carbocycles. The smallest absolute Gasteiger partial charge is 0.259 e. The minimum Gasteiger partial charge on any atom is -0.338 e. The van der Waals surface area contributed by atoms with Gasteiger partial charge in [-0.25, -0.2) is 4.98 Å². The van der Waals surface area contributed by atoms with Crippen LogP contribution < -0.4 is 5.32 Å². The zero-order chi connectivity index (χ0) is 14.8. The molecule has 7 heteroatoms. The van der Waals surface area contributed by atoms with Crippen LogP contribution in [0.25, 0.3) is 0 Å². The van der Waals surface area contributed by atoms with Crippen molar-refractivity contribution in [2.24, 2.45) is 0 Å². The number of hydrogen-bond donors (Lipinski definition) is 1. The minimum absolute atomic E-state index is 0.0401. The molecule has 1 aliphatic rings. The molecule has 0 aliphatic carbocycles. The van der Waals surface area contributed by atoms with E-state index in [1.807, 2.05) is 0 Å². The van der Waals surface area contributed by atoms with Crippen LogP contribution in [0.3, 0.4) is 0 Å². The Morgan fingerprint density at radius 1 is 1.38 bits per heavy atom. The lowest BCUT2D eigenvalue weighted by Gasteiger charge is -2.28. The van der Waals surface area contributed by atoms with Gasteiger partial charge in [-0.2, -0.15) is 0 Å². The van der Waals surface area contributed by atoms with Crippen molar-refractivity contribution in [1.82, 2.24) is 14.9 Å². The fourth-order valence-corrected chi connectivity index (χ4v) is 2.93. The van der Waals surface area contributed by atoms with Gasteiger partial charge in [0, 0.05) is 44.0 Å². The molecular formula is C14H14N4O2S. The van der Waals surface area contributed by atoms with Crippen LogP contribution in [0, 0.1) is 0 Å². The van der Waals surface area contributed by atoms with E-state index in [2.05, 4.69) is 15.3 Å². The normalized spacial score (nSPS) is 13.7. The largest absolute Gasteiger partial charge is 0.338 e. The highest BCUT2D eigenvalue weighted by molar-refractivity contribution is 7.13. The summed E-state index contributed by atoms with van der Waals surface area (Å²) in [6.07, 6.45) is 5.61. The molecule has 2 aromatic heterocycles. The summed E-state index contributed by atoms with van der Waals surface area (Å²) in [5.74, 6) is -0.163. The lowest BCUT2D eigenvalue weighted by molar-refractivity contribution is -0.129. The number of carbonyl (C=O) groups is 2. The van der Waals surface area contributed by atoms with Gasteiger partial charge in [-0.15, -0.1) is 11.3 Å². The summed E-state index contributed by atoms with van der Waals surface area (Å²) >= 11 is 1.37. The standard InChI is InChI=1S/C14H14N4O2S/c1-9(19)18-4-2-11-10(8-18)6-15-7-12(11)13(20)17-14-16-3-5-21-14/h3,5-7H,2,4,8H2,1H3,(H,16,17,20). The first-order valence-electron chi connectivity index (χ1n) is 6.57. The highest BCUT2D eigenvalue weighted by atomic mass is 32.1. The predicted molar refractivity (Wildman–Crippen MR) is 79.1 cm³/mol.